The number of piperidine rings is 1. The molecule has 1 aromatic carbocycles. The highest BCUT2D eigenvalue weighted by molar-refractivity contribution is 5.37. The van der Waals surface area contributed by atoms with Crippen molar-refractivity contribution in [3.63, 3.8) is 0 Å². The van der Waals surface area contributed by atoms with E-state index >= 15 is 0 Å². The van der Waals surface area contributed by atoms with Crippen LogP contribution in [0.15, 0.2) is 47.5 Å². The number of hydrogen-bond acceptors (Lipinski definition) is 5. The standard InChI is InChI=1S/C25H34N4O2/c30-23-16-22(28-13-6-7-14-28)26-20-29(23)19-25(31)12-15-27(17-21-8-2-1-3-9-21)18-24(25)10-4-5-11-24/h1-3,8-9,16,20,31H,4-7,10-15,17-19H2. The SMILES string of the molecule is O=c1cc(N2CCCC2)ncn1CC1(O)CCN(Cc2ccccc2)CC12CCCC2. The minimum atomic E-state index is -0.864. The van der Waals surface area contributed by atoms with Crippen LogP contribution in [0.4, 0.5) is 5.82 Å². The lowest BCUT2D eigenvalue weighted by Crippen LogP contribution is -2.61. The molecule has 1 unspecified atom stereocenters. The summed E-state index contributed by atoms with van der Waals surface area (Å²) in [5, 5.41) is 11.9. The maximum absolute atomic E-state index is 12.9. The van der Waals surface area contributed by atoms with E-state index in [0.29, 0.717) is 13.0 Å². The second-order valence-electron chi connectivity index (χ2n) is 9.87. The number of hydrogen-bond donors (Lipinski definition) is 1. The molecule has 0 radical (unpaired) electrons. The fourth-order valence-electron chi connectivity index (χ4n) is 6.10. The zero-order valence-corrected chi connectivity index (χ0v) is 18.4. The van der Waals surface area contributed by atoms with Gasteiger partial charge < -0.3 is 10.0 Å². The van der Waals surface area contributed by atoms with Crippen LogP contribution in [0.2, 0.25) is 0 Å². The van der Waals surface area contributed by atoms with Crippen LogP contribution in [0, 0.1) is 5.41 Å². The lowest BCUT2D eigenvalue weighted by atomic mass is 9.66. The van der Waals surface area contributed by atoms with E-state index in [0.717, 1.165) is 77.1 Å². The molecule has 166 valence electrons. The first kappa shape index (κ1) is 20.7. The molecule has 6 heteroatoms. The molecule has 2 saturated heterocycles. The van der Waals surface area contributed by atoms with E-state index in [4.69, 9.17) is 0 Å². The normalized spacial score (nSPS) is 26.0. The first-order chi connectivity index (χ1) is 15.1. The highest BCUT2D eigenvalue weighted by Gasteiger charge is 2.54. The van der Waals surface area contributed by atoms with Gasteiger partial charge in [0, 0.05) is 44.2 Å². The third kappa shape index (κ3) is 4.03. The molecule has 1 spiro atoms. The molecule has 3 fully saturated rings. The van der Waals surface area contributed by atoms with Gasteiger partial charge in [0.15, 0.2) is 0 Å². The average Bonchev–Trinajstić information content (AvgIpc) is 3.47. The minimum absolute atomic E-state index is 0.0508. The van der Waals surface area contributed by atoms with E-state index in [9.17, 15) is 9.90 Å². The Morgan fingerprint density at radius 2 is 1.71 bits per heavy atom. The molecule has 0 amide bonds. The van der Waals surface area contributed by atoms with Crippen LogP contribution < -0.4 is 10.5 Å². The summed E-state index contributed by atoms with van der Waals surface area (Å²) < 4.78 is 1.65. The van der Waals surface area contributed by atoms with Gasteiger partial charge in [-0.15, -0.1) is 0 Å². The van der Waals surface area contributed by atoms with Crippen molar-refractivity contribution in [3.8, 4) is 0 Å². The lowest BCUT2D eigenvalue weighted by molar-refractivity contribution is -0.144. The van der Waals surface area contributed by atoms with Gasteiger partial charge in [-0.2, -0.15) is 0 Å². The van der Waals surface area contributed by atoms with E-state index in [2.05, 4.69) is 45.1 Å². The number of aliphatic hydroxyl groups is 1. The fourth-order valence-corrected chi connectivity index (χ4v) is 6.10. The smallest absolute Gasteiger partial charge is 0.255 e. The van der Waals surface area contributed by atoms with Crippen molar-refractivity contribution in [2.75, 3.05) is 31.1 Å². The molecule has 6 nitrogen and oxygen atoms in total. The van der Waals surface area contributed by atoms with E-state index in [1.165, 1.54) is 5.56 Å². The highest BCUT2D eigenvalue weighted by Crippen LogP contribution is 2.51. The third-order valence-corrected chi connectivity index (χ3v) is 7.89. The van der Waals surface area contributed by atoms with Crippen LogP contribution in [0.3, 0.4) is 0 Å². The molecule has 5 rings (SSSR count). The Bertz CT molecular complexity index is 947. The Hall–Kier alpha value is -2.18. The molecular weight excluding hydrogens is 388 g/mol. The van der Waals surface area contributed by atoms with Gasteiger partial charge in [-0.05, 0) is 37.7 Å². The Morgan fingerprint density at radius 1 is 0.968 bits per heavy atom. The quantitative estimate of drug-likeness (QED) is 0.803. The number of aromatic nitrogens is 2. The first-order valence-corrected chi connectivity index (χ1v) is 11.9. The van der Waals surface area contributed by atoms with Crippen LogP contribution in [-0.2, 0) is 13.1 Å². The van der Waals surface area contributed by atoms with Gasteiger partial charge in [-0.1, -0.05) is 43.2 Å². The van der Waals surface area contributed by atoms with Crippen molar-refractivity contribution in [2.24, 2.45) is 5.41 Å². The summed E-state index contributed by atoms with van der Waals surface area (Å²) in [5.74, 6) is 0.777. The molecule has 3 aliphatic rings. The molecule has 1 N–H and O–H groups in total. The average molecular weight is 423 g/mol. The number of likely N-dealkylation sites (tertiary alicyclic amines) is 1. The third-order valence-electron chi connectivity index (χ3n) is 7.89. The summed E-state index contributed by atoms with van der Waals surface area (Å²) in [6.07, 6.45) is 9.04. The molecule has 31 heavy (non-hydrogen) atoms. The van der Waals surface area contributed by atoms with Gasteiger partial charge in [0.25, 0.3) is 5.56 Å². The number of rotatable bonds is 5. The first-order valence-electron chi connectivity index (χ1n) is 11.9. The van der Waals surface area contributed by atoms with E-state index < -0.39 is 5.60 Å². The maximum Gasteiger partial charge on any atom is 0.255 e. The van der Waals surface area contributed by atoms with Gasteiger partial charge in [-0.25, -0.2) is 4.98 Å². The van der Waals surface area contributed by atoms with E-state index in [1.54, 1.807) is 17.0 Å². The molecule has 1 aliphatic carbocycles. The summed E-state index contributed by atoms with van der Waals surface area (Å²) in [6.45, 7) is 4.96. The predicted octanol–water partition coefficient (Wildman–Crippen LogP) is 3.04. The van der Waals surface area contributed by atoms with Gasteiger partial charge in [0.2, 0.25) is 0 Å². The zero-order valence-electron chi connectivity index (χ0n) is 18.4. The second-order valence-corrected chi connectivity index (χ2v) is 9.87. The predicted molar refractivity (Wildman–Crippen MR) is 122 cm³/mol. The largest absolute Gasteiger partial charge is 0.387 e. The highest BCUT2D eigenvalue weighted by atomic mass is 16.3. The van der Waals surface area contributed by atoms with Gasteiger partial charge in [0.05, 0.1) is 18.5 Å². The summed E-state index contributed by atoms with van der Waals surface area (Å²) in [7, 11) is 0. The molecule has 1 aromatic heterocycles. The van der Waals surface area contributed by atoms with Crippen molar-refractivity contribution in [1.29, 1.82) is 0 Å². The molecule has 0 bridgehead atoms. The summed E-state index contributed by atoms with van der Waals surface area (Å²) in [5.41, 5.74) is 0.258. The minimum Gasteiger partial charge on any atom is -0.387 e. The zero-order chi connectivity index (χ0) is 21.3. The fraction of sp³-hybridized carbons (Fsp3) is 0.600. The van der Waals surface area contributed by atoms with Crippen molar-refractivity contribution < 1.29 is 5.11 Å². The van der Waals surface area contributed by atoms with Crippen molar-refractivity contribution in [1.82, 2.24) is 14.5 Å². The van der Waals surface area contributed by atoms with Crippen LogP contribution in [0.25, 0.3) is 0 Å². The molecule has 2 aromatic rings. The number of anilines is 1. The monoisotopic (exact) mass is 422 g/mol. The molecular formula is C25H34N4O2. The summed E-state index contributed by atoms with van der Waals surface area (Å²) >= 11 is 0. The van der Waals surface area contributed by atoms with Gasteiger partial charge >= 0.3 is 0 Å². The molecule has 1 saturated carbocycles. The van der Waals surface area contributed by atoms with Gasteiger partial charge in [0.1, 0.15) is 5.82 Å². The Balaban J connectivity index is 1.35. The molecule has 2 aliphatic heterocycles. The summed E-state index contributed by atoms with van der Waals surface area (Å²) in [6, 6.07) is 12.2. The van der Waals surface area contributed by atoms with Gasteiger partial charge in [-0.3, -0.25) is 14.3 Å². The van der Waals surface area contributed by atoms with Crippen LogP contribution in [0.1, 0.15) is 50.5 Å². The number of nitrogens with zero attached hydrogens (tertiary/aromatic N) is 4. The topological polar surface area (TPSA) is 61.6 Å². The van der Waals surface area contributed by atoms with Crippen LogP contribution >= 0.6 is 0 Å². The van der Waals surface area contributed by atoms with Crippen molar-refractivity contribution >= 4 is 5.82 Å². The number of benzene rings is 1. The van der Waals surface area contributed by atoms with Crippen molar-refractivity contribution in [2.45, 2.75) is 63.6 Å². The molecule has 3 heterocycles. The van der Waals surface area contributed by atoms with Crippen molar-refractivity contribution in [3.05, 3.63) is 58.6 Å². The Kier molecular flexibility index (Phi) is 5.61. The van der Waals surface area contributed by atoms with E-state index in [-0.39, 0.29) is 11.0 Å². The molecule has 1 atom stereocenters. The Labute approximate surface area is 184 Å². The lowest BCUT2D eigenvalue weighted by Gasteiger charge is -2.52. The maximum atomic E-state index is 12.9. The second kappa shape index (κ2) is 8.40. The summed E-state index contributed by atoms with van der Waals surface area (Å²) in [4.78, 5) is 22.1. The van der Waals surface area contributed by atoms with E-state index in [1.807, 2.05) is 0 Å². The van der Waals surface area contributed by atoms with Crippen LogP contribution in [0.5, 0.6) is 0 Å². The van der Waals surface area contributed by atoms with Crippen LogP contribution in [-0.4, -0.2) is 51.3 Å². The Morgan fingerprint density at radius 3 is 2.42 bits per heavy atom.